The van der Waals surface area contributed by atoms with E-state index < -0.39 is 6.10 Å². The van der Waals surface area contributed by atoms with Gasteiger partial charge in [-0.2, -0.15) is 5.10 Å². The lowest BCUT2D eigenvalue weighted by Gasteiger charge is -2.12. The lowest BCUT2D eigenvalue weighted by atomic mass is 10.0. The molecule has 1 N–H and O–H groups in total. The zero-order chi connectivity index (χ0) is 13.1. The molecule has 0 saturated heterocycles. The van der Waals surface area contributed by atoms with Crippen LogP contribution in [0.1, 0.15) is 23.7 Å². The van der Waals surface area contributed by atoms with E-state index in [0.29, 0.717) is 6.42 Å². The molecule has 1 unspecified atom stereocenters. The molecule has 0 amide bonds. The van der Waals surface area contributed by atoms with Crippen molar-refractivity contribution in [3.8, 4) is 0 Å². The highest BCUT2D eigenvalue weighted by Gasteiger charge is 2.12. The van der Waals surface area contributed by atoms with E-state index in [9.17, 15) is 5.11 Å². The summed E-state index contributed by atoms with van der Waals surface area (Å²) in [7, 11) is 1.89. The van der Waals surface area contributed by atoms with E-state index in [1.54, 1.807) is 4.68 Å². The molecule has 2 rings (SSSR count). The Hall–Kier alpha value is -0.650. The summed E-state index contributed by atoms with van der Waals surface area (Å²) < 4.78 is 3.68. The number of hydrogen-bond acceptors (Lipinski definition) is 2. The summed E-state index contributed by atoms with van der Waals surface area (Å²) in [5.74, 6) is 0. The molecule has 0 aliphatic heterocycles. The van der Waals surface area contributed by atoms with Crippen LogP contribution >= 0.6 is 31.9 Å². The molecule has 0 fully saturated rings. The minimum atomic E-state index is -0.475. The molecular formula is C13H14Br2N2O. The fourth-order valence-electron chi connectivity index (χ4n) is 1.83. The first-order valence-corrected chi connectivity index (χ1v) is 7.25. The molecule has 0 spiro atoms. The van der Waals surface area contributed by atoms with E-state index in [1.165, 1.54) is 0 Å². The van der Waals surface area contributed by atoms with E-state index >= 15 is 0 Å². The molecule has 0 aliphatic carbocycles. The van der Waals surface area contributed by atoms with Crippen LogP contribution in [0.3, 0.4) is 0 Å². The van der Waals surface area contributed by atoms with Crippen molar-refractivity contribution in [1.29, 1.82) is 0 Å². The van der Waals surface area contributed by atoms with Gasteiger partial charge >= 0.3 is 0 Å². The maximum Gasteiger partial charge on any atom is 0.0804 e. The largest absolute Gasteiger partial charge is 0.388 e. The lowest BCUT2D eigenvalue weighted by Crippen LogP contribution is -2.00. The van der Waals surface area contributed by atoms with E-state index in [4.69, 9.17) is 0 Å². The Kier molecular flexibility index (Phi) is 4.59. The number of halogens is 2. The third-order valence-electron chi connectivity index (χ3n) is 2.78. The topological polar surface area (TPSA) is 38.0 Å². The van der Waals surface area contributed by atoms with Crippen molar-refractivity contribution in [2.75, 3.05) is 0 Å². The number of aliphatic hydroxyl groups excluding tert-OH is 1. The highest BCUT2D eigenvalue weighted by atomic mass is 79.9. The van der Waals surface area contributed by atoms with Crippen LogP contribution in [0.5, 0.6) is 0 Å². The quantitative estimate of drug-likeness (QED) is 0.888. The van der Waals surface area contributed by atoms with Crippen molar-refractivity contribution in [2.24, 2.45) is 7.05 Å². The molecule has 1 aromatic carbocycles. The predicted octanol–water partition coefficient (Wildman–Crippen LogP) is 3.61. The van der Waals surface area contributed by atoms with E-state index in [-0.39, 0.29) is 0 Å². The van der Waals surface area contributed by atoms with E-state index in [2.05, 4.69) is 37.0 Å². The molecule has 3 nitrogen and oxygen atoms in total. The predicted molar refractivity (Wildman–Crippen MR) is 78.3 cm³/mol. The van der Waals surface area contributed by atoms with Crippen molar-refractivity contribution < 1.29 is 5.11 Å². The Labute approximate surface area is 123 Å². The second-order valence-electron chi connectivity index (χ2n) is 4.24. The van der Waals surface area contributed by atoms with Crippen molar-refractivity contribution in [1.82, 2.24) is 9.78 Å². The SMILES string of the molecule is Cn1cc(CCC(O)c2cc(Br)ccc2Br)cn1. The third kappa shape index (κ3) is 3.43. The summed E-state index contributed by atoms with van der Waals surface area (Å²) in [4.78, 5) is 0. The number of aromatic nitrogens is 2. The van der Waals surface area contributed by atoms with Gasteiger partial charge in [0, 0.05) is 22.2 Å². The van der Waals surface area contributed by atoms with Gasteiger partial charge in [0.2, 0.25) is 0 Å². The summed E-state index contributed by atoms with van der Waals surface area (Å²) >= 11 is 6.88. The molecule has 2 aromatic rings. The van der Waals surface area contributed by atoms with Crippen LogP contribution in [0, 0.1) is 0 Å². The normalized spacial score (nSPS) is 12.7. The highest BCUT2D eigenvalue weighted by Crippen LogP contribution is 2.29. The first kappa shape index (κ1) is 13.8. The monoisotopic (exact) mass is 372 g/mol. The maximum atomic E-state index is 10.2. The van der Waals surface area contributed by atoms with Crippen LogP contribution in [0.15, 0.2) is 39.5 Å². The van der Waals surface area contributed by atoms with Gasteiger partial charge in [0.1, 0.15) is 0 Å². The van der Waals surface area contributed by atoms with Crippen molar-refractivity contribution in [3.05, 3.63) is 50.7 Å². The number of rotatable bonds is 4. The molecule has 1 aromatic heterocycles. The molecule has 5 heteroatoms. The average Bonchev–Trinajstić information content (AvgIpc) is 2.75. The molecule has 96 valence electrons. The van der Waals surface area contributed by atoms with Crippen LogP contribution in [-0.4, -0.2) is 14.9 Å². The Morgan fingerprint density at radius 3 is 2.83 bits per heavy atom. The lowest BCUT2D eigenvalue weighted by molar-refractivity contribution is 0.167. The Morgan fingerprint density at radius 1 is 1.39 bits per heavy atom. The standard InChI is InChI=1S/C13H14Br2N2O/c1-17-8-9(7-16-17)2-5-13(18)11-6-10(14)3-4-12(11)15/h3-4,6-8,13,18H,2,5H2,1H3. The number of nitrogens with zero attached hydrogens (tertiary/aromatic N) is 2. The van der Waals surface area contributed by atoms with E-state index in [1.807, 2.05) is 37.6 Å². The van der Waals surface area contributed by atoms with Gasteiger partial charge in [-0.05, 0) is 42.2 Å². The van der Waals surface area contributed by atoms with Gasteiger partial charge in [-0.1, -0.05) is 31.9 Å². The fourth-order valence-corrected chi connectivity index (χ4v) is 2.72. The second-order valence-corrected chi connectivity index (χ2v) is 6.01. The minimum Gasteiger partial charge on any atom is -0.388 e. The minimum absolute atomic E-state index is 0.475. The summed E-state index contributed by atoms with van der Waals surface area (Å²) in [5, 5.41) is 14.3. The molecule has 0 aliphatic rings. The third-order valence-corrected chi connectivity index (χ3v) is 4.00. The number of aliphatic hydroxyl groups is 1. The molecule has 0 saturated carbocycles. The maximum absolute atomic E-state index is 10.2. The molecule has 0 radical (unpaired) electrons. The fraction of sp³-hybridized carbons (Fsp3) is 0.308. The van der Waals surface area contributed by atoms with Crippen LogP contribution in [0.4, 0.5) is 0 Å². The molecule has 18 heavy (non-hydrogen) atoms. The zero-order valence-electron chi connectivity index (χ0n) is 9.98. The molecule has 0 bridgehead atoms. The van der Waals surface area contributed by atoms with Crippen LogP contribution in [0.2, 0.25) is 0 Å². The van der Waals surface area contributed by atoms with Gasteiger partial charge in [-0.3, -0.25) is 4.68 Å². The van der Waals surface area contributed by atoms with Crippen molar-refractivity contribution in [3.63, 3.8) is 0 Å². The number of aryl methyl sites for hydroxylation is 2. The van der Waals surface area contributed by atoms with Crippen molar-refractivity contribution in [2.45, 2.75) is 18.9 Å². The Bertz CT molecular complexity index is 540. The zero-order valence-corrected chi connectivity index (χ0v) is 13.1. The molecule has 1 heterocycles. The van der Waals surface area contributed by atoms with Gasteiger partial charge in [0.25, 0.3) is 0 Å². The highest BCUT2D eigenvalue weighted by molar-refractivity contribution is 9.11. The molecule has 1 atom stereocenters. The van der Waals surface area contributed by atoms with Crippen LogP contribution < -0.4 is 0 Å². The van der Waals surface area contributed by atoms with E-state index in [0.717, 1.165) is 26.5 Å². The average molecular weight is 374 g/mol. The van der Waals surface area contributed by atoms with Gasteiger partial charge in [-0.25, -0.2) is 0 Å². The van der Waals surface area contributed by atoms with Gasteiger partial charge in [-0.15, -0.1) is 0 Å². The first-order chi connectivity index (χ1) is 8.56. The van der Waals surface area contributed by atoms with Crippen LogP contribution in [-0.2, 0) is 13.5 Å². The molecular weight excluding hydrogens is 360 g/mol. The smallest absolute Gasteiger partial charge is 0.0804 e. The summed E-state index contributed by atoms with van der Waals surface area (Å²) in [6, 6.07) is 5.83. The van der Waals surface area contributed by atoms with Crippen LogP contribution in [0.25, 0.3) is 0 Å². The summed E-state index contributed by atoms with van der Waals surface area (Å²) in [5.41, 5.74) is 2.05. The van der Waals surface area contributed by atoms with Crippen molar-refractivity contribution >= 4 is 31.9 Å². The number of benzene rings is 1. The second kappa shape index (κ2) is 5.99. The summed E-state index contributed by atoms with van der Waals surface area (Å²) in [6.45, 7) is 0. The summed E-state index contributed by atoms with van der Waals surface area (Å²) in [6.07, 6.45) is 4.83. The number of hydrogen-bond donors (Lipinski definition) is 1. The van der Waals surface area contributed by atoms with Gasteiger partial charge in [0.15, 0.2) is 0 Å². The first-order valence-electron chi connectivity index (χ1n) is 5.67. The van der Waals surface area contributed by atoms with Gasteiger partial charge < -0.3 is 5.11 Å². The Balaban J connectivity index is 2.03. The Morgan fingerprint density at radius 2 is 2.17 bits per heavy atom. The van der Waals surface area contributed by atoms with Gasteiger partial charge in [0.05, 0.1) is 12.3 Å².